The van der Waals surface area contributed by atoms with E-state index in [-0.39, 0.29) is 0 Å². The summed E-state index contributed by atoms with van der Waals surface area (Å²) in [5, 5.41) is 7.83. The number of rotatable bonds is 7. The molecule has 5 nitrogen and oxygen atoms in total. The molecule has 0 aliphatic rings. The number of hydrogen-bond donors (Lipinski definition) is 2. The lowest BCUT2D eigenvalue weighted by molar-refractivity contribution is 0.409. The Hall–Kier alpha value is -2.08. The zero-order chi connectivity index (χ0) is 17.4. The van der Waals surface area contributed by atoms with Crippen molar-refractivity contribution in [3.05, 3.63) is 45.4 Å². The van der Waals surface area contributed by atoms with Gasteiger partial charge in [-0.2, -0.15) is 0 Å². The zero-order valence-electron chi connectivity index (χ0n) is 14.8. The van der Waals surface area contributed by atoms with Crippen LogP contribution < -0.4 is 15.4 Å². The molecule has 2 rings (SSSR count). The van der Waals surface area contributed by atoms with Gasteiger partial charge in [-0.3, -0.25) is 4.99 Å². The number of aryl methyl sites for hydroxylation is 2. The molecule has 0 aliphatic heterocycles. The smallest absolute Gasteiger partial charge is 0.191 e. The van der Waals surface area contributed by atoms with Crippen molar-refractivity contribution in [3.8, 4) is 5.75 Å². The van der Waals surface area contributed by atoms with Gasteiger partial charge in [-0.05, 0) is 31.9 Å². The summed E-state index contributed by atoms with van der Waals surface area (Å²) in [5.74, 6) is 1.75. The molecule has 6 heteroatoms. The van der Waals surface area contributed by atoms with E-state index in [0.717, 1.165) is 42.6 Å². The number of aliphatic imine (C=N–C) groups is 1. The van der Waals surface area contributed by atoms with Crippen molar-refractivity contribution >= 4 is 17.3 Å². The Labute approximate surface area is 148 Å². The first-order chi connectivity index (χ1) is 11.6. The topological polar surface area (TPSA) is 58.5 Å². The van der Waals surface area contributed by atoms with Crippen molar-refractivity contribution in [2.45, 2.75) is 26.7 Å². The average Bonchev–Trinajstić information content (AvgIpc) is 2.99. The number of thiazole rings is 1. The first-order valence-electron chi connectivity index (χ1n) is 8.11. The molecule has 0 saturated heterocycles. The number of hydrogen-bond acceptors (Lipinski definition) is 4. The Bertz CT molecular complexity index is 681. The quantitative estimate of drug-likeness (QED) is 0.598. The monoisotopic (exact) mass is 346 g/mol. The molecule has 0 amide bonds. The predicted molar refractivity (Wildman–Crippen MR) is 101 cm³/mol. The van der Waals surface area contributed by atoms with E-state index in [1.807, 2.05) is 12.3 Å². The van der Waals surface area contributed by atoms with Gasteiger partial charge in [0.25, 0.3) is 0 Å². The molecule has 0 atom stereocenters. The molecule has 1 heterocycles. The minimum Gasteiger partial charge on any atom is -0.496 e. The van der Waals surface area contributed by atoms with Crippen LogP contribution in [0.25, 0.3) is 0 Å². The van der Waals surface area contributed by atoms with Gasteiger partial charge in [0.2, 0.25) is 0 Å². The summed E-state index contributed by atoms with van der Waals surface area (Å²) in [5.41, 5.74) is 2.45. The normalized spacial score (nSPS) is 11.4. The van der Waals surface area contributed by atoms with Crippen molar-refractivity contribution < 1.29 is 4.74 Å². The molecule has 1 aromatic heterocycles. The van der Waals surface area contributed by atoms with E-state index in [0.29, 0.717) is 0 Å². The highest BCUT2D eigenvalue weighted by molar-refractivity contribution is 7.11. The van der Waals surface area contributed by atoms with E-state index in [4.69, 9.17) is 4.74 Å². The Balaban J connectivity index is 1.76. The molecule has 0 bridgehead atoms. The third-order valence-electron chi connectivity index (χ3n) is 3.65. The van der Waals surface area contributed by atoms with Crippen LogP contribution in [0.2, 0.25) is 0 Å². The molecule has 0 unspecified atom stereocenters. The number of guanidine groups is 1. The van der Waals surface area contributed by atoms with E-state index in [1.165, 1.54) is 16.0 Å². The van der Waals surface area contributed by atoms with Crippen LogP contribution in [0.5, 0.6) is 5.75 Å². The number of methoxy groups -OCH3 is 1. The fourth-order valence-electron chi connectivity index (χ4n) is 2.44. The van der Waals surface area contributed by atoms with E-state index in [9.17, 15) is 0 Å². The number of benzene rings is 1. The lowest BCUT2D eigenvalue weighted by atomic mass is 10.1. The maximum atomic E-state index is 5.42. The molecule has 24 heavy (non-hydrogen) atoms. The van der Waals surface area contributed by atoms with Gasteiger partial charge >= 0.3 is 0 Å². The Kier molecular flexibility index (Phi) is 7.06. The molecule has 130 valence electrons. The highest BCUT2D eigenvalue weighted by Gasteiger charge is 2.04. The number of ether oxygens (including phenoxy) is 1. The number of aromatic nitrogens is 1. The second kappa shape index (κ2) is 9.27. The molecule has 1 aromatic carbocycles. The van der Waals surface area contributed by atoms with E-state index in [1.54, 1.807) is 25.5 Å². The van der Waals surface area contributed by atoms with E-state index in [2.05, 4.69) is 46.6 Å². The standard InChI is InChI=1S/C18H26N4OS/c1-13-5-6-16(23-4)15(11-13)7-9-20-18(19-3)21-10-8-17-22-12-14(2)24-17/h5-6,11-12H,7-10H2,1-4H3,(H2,19,20,21). The lowest BCUT2D eigenvalue weighted by Crippen LogP contribution is -2.39. The molecular weight excluding hydrogens is 320 g/mol. The highest BCUT2D eigenvalue weighted by Crippen LogP contribution is 2.19. The van der Waals surface area contributed by atoms with Gasteiger partial charge in [-0.25, -0.2) is 4.98 Å². The molecule has 0 spiro atoms. The molecule has 2 N–H and O–H groups in total. The van der Waals surface area contributed by atoms with Crippen molar-refractivity contribution in [2.75, 3.05) is 27.2 Å². The van der Waals surface area contributed by atoms with Crippen molar-refractivity contribution in [2.24, 2.45) is 4.99 Å². The Morgan fingerprint density at radius 2 is 1.96 bits per heavy atom. The molecule has 0 aliphatic carbocycles. The van der Waals surface area contributed by atoms with Crippen LogP contribution in [0.4, 0.5) is 0 Å². The van der Waals surface area contributed by atoms with Gasteiger partial charge in [-0.1, -0.05) is 17.7 Å². The van der Waals surface area contributed by atoms with E-state index < -0.39 is 0 Å². The van der Waals surface area contributed by atoms with Gasteiger partial charge < -0.3 is 15.4 Å². The summed E-state index contributed by atoms with van der Waals surface area (Å²) in [6.45, 7) is 5.79. The SMILES string of the molecule is CN=C(NCCc1ncc(C)s1)NCCc1cc(C)ccc1OC. The molecule has 0 radical (unpaired) electrons. The summed E-state index contributed by atoms with van der Waals surface area (Å²) < 4.78 is 5.42. The Morgan fingerprint density at radius 1 is 1.21 bits per heavy atom. The van der Waals surface area contributed by atoms with Crippen LogP contribution in [0.3, 0.4) is 0 Å². The van der Waals surface area contributed by atoms with Crippen LogP contribution in [-0.4, -0.2) is 38.2 Å². The molecule has 0 saturated carbocycles. The van der Waals surface area contributed by atoms with Gasteiger partial charge in [-0.15, -0.1) is 11.3 Å². The van der Waals surface area contributed by atoms with E-state index >= 15 is 0 Å². The molecule has 2 aromatic rings. The highest BCUT2D eigenvalue weighted by atomic mass is 32.1. The maximum Gasteiger partial charge on any atom is 0.191 e. The summed E-state index contributed by atoms with van der Waals surface area (Å²) in [6.07, 6.45) is 3.71. The van der Waals surface area contributed by atoms with Crippen molar-refractivity contribution in [3.63, 3.8) is 0 Å². The lowest BCUT2D eigenvalue weighted by Gasteiger charge is -2.13. The number of nitrogens with zero attached hydrogens (tertiary/aromatic N) is 2. The Morgan fingerprint density at radius 3 is 2.58 bits per heavy atom. The predicted octanol–water partition coefficient (Wildman–Crippen LogP) is 2.72. The van der Waals surface area contributed by atoms with Gasteiger partial charge in [0.15, 0.2) is 5.96 Å². The second-order valence-electron chi connectivity index (χ2n) is 5.61. The van der Waals surface area contributed by atoms with Crippen molar-refractivity contribution in [1.29, 1.82) is 0 Å². The van der Waals surface area contributed by atoms with Gasteiger partial charge in [0.1, 0.15) is 5.75 Å². The molecule has 0 fully saturated rings. The van der Waals surface area contributed by atoms with Crippen molar-refractivity contribution in [1.82, 2.24) is 15.6 Å². The molecular formula is C18H26N4OS. The van der Waals surface area contributed by atoms with Crippen LogP contribution in [0, 0.1) is 13.8 Å². The van der Waals surface area contributed by atoms with Crippen LogP contribution in [0.15, 0.2) is 29.4 Å². The summed E-state index contributed by atoms with van der Waals surface area (Å²) in [6, 6.07) is 6.26. The summed E-state index contributed by atoms with van der Waals surface area (Å²) in [4.78, 5) is 9.88. The number of nitrogens with one attached hydrogen (secondary N) is 2. The third kappa shape index (κ3) is 5.53. The largest absolute Gasteiger partial charge is 0.496 e. The van der Waals surface area contributed by atoms with Gasteiger partial charge in [0.05, 0.1) is 12.1 Å². The van der Waals surface area contributed by atoms with Crippen LogP contribution >= 0.6 is 11.3 Å². The van der Waals surface area contributed by atoms with Crippen LogP contribution in [0.1, 0.15) is 21.0 Å². The average molecular weight is 347 g/mol. The first kappa shape index (κ1) is 18.3. The summed E-state index contributed by atoms with van der Waals surface area (Å²) >= 11 is 1.74. The van der Waals surface area contributed by atoms with Gasteiger partial charge in [0, 0.05) is 37.6 Å². The second-order valence-corrected chi connectivity index (χ2v) is 6.93. The minimum absolute atomic E-state index is 0.801. The summed E-state index contributed by atoms with van der Waals surface area (Å²) in [7, 11) is 3.50. The first-order valence-corrected chi connectivity index (χ1v) is 8.93. The fraction of sp³-hybridized carbons (Fsp3) is 0.444. The zero-order valence-corrected chi connectivity index (χ0v) is 15.7. The maximum absolute atomic E-state index is 5.42. The third-order valence-corrected chi connectivity index (χ3v) is 4.62. The minimum atomic E-state index is 0.801. The van der Waals surface area contributed by atoms with Crippen LogP contribution in [-0.2, 0) is 12.8 Å². The fourth-order valence-corrected chi connectivity index (χ4v) is 3.23.